The molecule has 0 bridgehead atoms. The van der Waals surface area contributed by atoms with Crippen LogP contribution in [0, 0.1) is 6.92 Å². The Morgan fingerprint density at radius 3 is 2.76 bits per heavy atom. The number of rotatable bonds is 3. The van der Waals surface area contributed by atoms with Crippen molar-refractivity contribution in [1.82, 2.24) is 19.9 Å². The van der Waals surface area contributed by atoms with E-state index in [4.69, 9.17) is 4.74 Å². The zero-order valence-corrected chi connectivity index (χ0v) is 14.7. The fourth-order valence-electron chi connectivity index (χ4n) is 2.95. The van der Waals surface area contributed by atoms with Gasteiger partial charge in [-0.2, -0.15) is 4.98 Å². The third-order valence-corrected chi connectivity index (χ3v) is 5.27. The molecule has 0 aliphatic carbocycles. The number of carbonyl (C=O) groups excluding carboxylic acids is 1. The van der Waals surface area contributed by atoms with Crippen LogP contribution in [0.4, 0.5) is 0 Å². The number of ether oxygens (including phenoxy) is 1. The first-order valence-electron chi connectivity index (χ1n) is 8.30. The van der Waals surface area contributed by atoms with Crippen LogP contribution in [0.1, 0.15) is 28.5 Å². The van der Waals surface area contributed by atoms with Crippen molar-refractivity contribution in [3.63, 3.8) is 0 Å². The zero-order valence-electron chi connectivity index (χ0n) is 13.9. The lowest BCUT2D eigenvalue weighted by molar-refractivity contribution is 0.0587. The molecule has 1 fully saturated rings. The highest BCUT2D eigenvalue weighted by atomic mass is 32.1. The summed E-state index contributed by atoms with van der Waals surface area (Å²) in [5.41, 5.74) is 0.883. The summed E-state index contributed by atoms with van der Waals surface area (Å²) >= 11 is 1.45. The van der Waals surface area contributed by atoms with E-state index in [-0.39, 0.29) is 12.0 Å². The zero-order chi connectivity index (χ0) is 17.2. The summed E-state index contributed by atoms with van der Waals surface area (Å²) < 4.78 is 6.96. The van der Waals surface area contributed by atoms with Crippen LogP contribution in [0.2, 0.25) is 0 Å². The Balaban J connectivity index is 1.38. The Bertz CT molecular complexity index is 870. The Kier molecular flexibility index (Phi) is 4.31. The molecule has 0 unspecified atom stereocenters. The van der Waals surface area contributed by atoms with Crippen LogP contribution in [0.3, 0.4) is 0 Å². The first-order chi connectivity index (χ1) is 12.2. The molecule has 2 aromatic heterocycles. The molecule has 1 aliphatic heterocycles. The normalized spacial score (nSPS) is 15.5. The number of piperidine rings is 1. The second-order valence-corrected chi connectivity index (χ2v) is 7.07. The van der Waals surface area contributed by atoms with Gasteiger partial charge in [0.25, 0.3) is 5.91 Å². The second kappa shape index (κ2) is 6.76. The van der Waals surface area contributed by atoms with Gasteiger partial charge < -0.3 is 9.64 Å². The van der Waals surface area contributed by atoms with E-state index >= 15 is 0 Å². The van der Waals surface area contributed by atoms with Gasteiger partial charge in [0.1, 0.15) is 11.9 Å². The number of para-hydroxylation sites is 1. The molecule has 1 aliphatic rings. The molecule has 4 rings (SSSR count). The number of aryl methyl sites for hydroxylation is 1. The summed E-state index contributed by atoms with van der Waals surface area (Å²) in [5.74, 6) is 1.31. The van der Waals surface area contributed by atoms with Gasteiger partial charge in [-0.15, -0.1) is 11.3 Å². The van der Waals surface area contributed by atoms with Crippen LogP contribution in [-0.4, -0.2) is 45.0 Å². The predicted molar refractivity (Wildman–Crippen MR) is 95.9 cm³/mol. The third-order valence-electron chi connectivity index (χ3n) is 4.24. The van der Waals surface area contributed by atoms with Gasteiger partial charge in [0, 0.05) is 38.2 Å². The van der Waals surface area contributed by atoms with Crippen molar-refractivity contribution in [3.8, 4) is 5.88 Å². The minimum Gasteiger partial charge on any atom is -0.474 e. The summed E-state index contributed by atoms with van der Waals surface area (Å²) in [6.07, 6.45) is 3.36. The first kappa shape index (κ1) is 16.0. The molecule has 1 aromatic carbocycles. The summed E-state index contributed by atoms with van der Waals surface area (Å²) in [4.78, 5) is 27.4. The second-order valence-electron chi connectivity index (χ2n) is 6.04. The number of nitrogens with zero attached hydrogens (tertiary/aromatic N) is 4. The van der Waals surface area contributed by atoms with Gasteiger partial charge in [-0.1, -0.05) is 12.1 Å². The number of amides is 1. The number of aromatic nitrogens is 3. The molecule has 0 spiro atoms. The van der Waals surface area contributed by atoms with Crippen molar-refractivity contribution >= 4 is 27.5 Å². The van der Waals surface area contributed by atoms with Crippen LogP contribution in [0.5, 0.6) is 5.88 Å². The maximum Gasteiger partial charge on any atom is 0.282 e. The van der Waals surface area contributed by atoms with Gasteiger partial charge in [-0.25, -0.2) is 9.97 Å². The van der Waals surface area contributed by atoms with E-state index in [2.05, 4.69) is 15.0 Å². The third kappa shape index (κ3) is 3.46. The van der Waals surface area contributed by atoms with Crippen LogP contribution >= 0.6 is 11.3 Å². The number of hydrogen-bond acceptors (Lipinski definition) is 6. The van der Waals surface area contributed by atoms with E-state index < -0.39 is 0 Å². The molecular formula is C18H18N4O2S. The minimum absolute atomic E-state index is 0.0116. The Morgan fingerprint density at radius 2 is 2.00 bits per heavy atom. The molecule has 1 amide bonds. The molecule has 6 nitrogen and oxygen atoms in total. The molecule has 1 saturated heterocycles. The fourth-order valence-corrected chi connectivity index (χ4v) is 3.88. The van der Waals surface area contributed by atoms with Gasteiger partial charge >= 0.3 is 0 Å². The molecule has 3 aromatic rings. The van der Waals surface area contributed by atoms with Crippen molar-refractivity contribution < 1.29 is 9.53 Å². The van der Waals surface area contributed by atoms with Crippen molar-refractivity contribution in [2.75, 3.05) is 13.1 Å². The van der Waals surface area contributed by atoms with Crippen LogP contribution in [0.15, 0.2) is 36.5 Å². The average molecular weight is 354 g/mol. The highest BCUT2D eigenvalue weighted by Gasteiger charge is 2.26. The smallest absolute Gasteiger partial charge is 0.282 e. The lowest BCUT2D eigenvalue weighted by Gasteiger charge is -2.31. The number of benzene rings is 1. The predicted octanol–water partition coefficient (Wildman–Crippen LogP) is 3.08. The first-order valence-corrected chi connectivity index (χ1v) is 9.12. The summed E-state index contributed by atoms with van der Waals surface area (Å²) in [5, 5.41) is 0.562. The average Bonchev–Trinajstić information content (AvgIpc) is 3.06. The highest BCUT2D eigenvalue weighted by molar-refractivity contribution is 7.20. The Morgan fingerprint density at radius 1 is 1.20 bits per heavy atom. The lowest BCUT2D eigenvalue weighted by Crippen LogP contribution is -2.41. The van der Waals surface area contributed by atoms with E-state index in [1.807, 2.05) is 36.1 Å². The van der Waals surface area contributed by atoms with Crippen LogP contribution in [0.25, 0.3) is 10.2 Å². The molecule has 0 radical (unpaired) electrons. The van der Waals surface area contributed by atoms with Crippen molar-refractivity contribution in [1.29, 1.82) is 0 Å². The molecule has 0 saturated carbocycles. The Labute approximate surface area is 149 Å². The van der Waals surface area contributed by atoms with Crippen LogP contribution < -0.4 is 4.74 Å². The van der Waals surface area contributed by atoms with E-state index in [9.17, 15) is 4.79 Å². The molecular weight excluding hydrogens is 336 g/mol. The highest BCUT2D eigenvalue weighted by Crippen LogP contribution is 2.24. The van der Waals surface area contributed by atoms with Gasteiger partial charge in [-0.3, -0.25) is 4.79 Å². The quantitative estimate of drug-likeness (QED) is 0.723. The number of likely N-dealkylation sites (tertiary alicyclic amines) is 1. The van der Waals surface area contributed by atoms with Crippen LogP contribution in [-0.2, 0) is 0 Å². The van der Waals surface area contributed by atoms with E-state index in [0.717, 1.165) is 23.1 Å². The topological polar surface area (TPSA) is 68.2 Å². The SMILES string of the molecule is Cc1nccc(OC2CCN(C(=O)c3nc4ccccc4s3)CC2)n1. The number of carbonyl (C=O) groups is 1. The fraction of sp³-hybridized carbons (Fsp3) is 0.333. The van der Waals surface area contributed by atoms with E-state index in [1.54, 1.807) is 12.3 Å². The maximum atomic E-state index is 12.7. The molecule has 128 valence electrons. The Hall–Kier alpha value is -2.54. The van der Waals surface area contributed by atoms with E-state index in [0.29, 0.717) is 29.8 Å². The van der Waals surface area contributed by atoms with Crippen molar-refractivity contribution in [2.45, 2.75) is 25.9 Å². The number of thiazole rings is 1. The van der Waals surface area contributed by atoms with Crippen molar-refractivity contribution in [2.24, 2.45) is 0 Å². The summed E-state index contributed by atoms with van der Waals surface area (Å²) in [6.45, 7) is 3.18. The molecule has 7 heteroatoms. The summed E-state index contributed by atoms with van der Waals surface area (Å²) in [7, 11) is 0. The monoisotopic (exact) mass is 354 g/mol. The standard InChI is InChI=1S/C18H18N4O2S/c1-12-19-9-6-16(20-12)24-13-7-10-22(11-8-13)18(23)17-21-14-4-2-3-5-15(14)25-17/h2-6,9,13H,7-8,10-11H2,1H3. The number of fused-ring (bicyclic) bond motifs is 1. The lowest BCUT2D eigenvalue weighted by atomic mass is 10.1. The van der Waals surface area contributed by atoms with Crippen molar-refractivity contribution in [3.05, 3.63) is 47.4 Å². The maximum absolute atomic E-state index is 12.7. The van der Waals surface area contributed by atoms with E-state index in [1.165, 1.54) is 11.3 Å². The van der Waals surface area contributed by atoms with Gasteiger partial charge in [-0.05, 0) is 19.1 Å². The molecule has 0 N–H and O–H groups in total. The largest absolute Gasteiger partial charge is 0.474 e. The summed E-state index contributed by atoms with van der Waals surface area (Å²) in [6, 6.07) is 9.60. The molecule has 0 atom stereocenters. The molecule has 3 heterocycles. The van der Waals surface area contributed by atoms with Gasteiger partial charge in [0.05, 0.1) is 10.2 Å². The molecule has 25 heavy (non-hydrogen) atoms. The van der Waals surface area contributed by atoms with Gasteiger partial charge in [0.2, 0.25) is 5.88 Å². The number of hydrogen-bond donors (Lipinski definition) is 0. The van der Waals surface area contributed by atoms with Gasteiger partial charge in [0.15, 0.2) is 5.01 Å². The minimum atomic E-state index is 0.0116.